The van der Waals surface area contributed by atoms with E-state index in [0.29, 0.717) is 0 Å². The van der Waals surface area contributed by atoms with Gasteiger partial charge in [-0.05, 0) is 13.6 Å². The Kier molecular flexibility index (Phi) is 22.1. The Labute approximate surface area is 396 Å². The van der Waals surface area contributed by atoms with E-state index < -0.39 is 191 Å². The first-order chi connectivity index (χ1) is 32.6. The van der Waals surface area contributed by atoms with Crippen LogP contribution in [0.15, 0.2) is 4.99 Å². The minimum Gasteiger partial charge on any atom is -0.479 e. The molecule has 29 nitrogen and oxygen atoms in total. The van der Waals surface area contributed by atoms with Crippen molar-refractivity contribution in [2.24, 2.45) is 16.8 Å². The van der Waals surface area contributed by atoms with Crippen LogP contribution in [0.25, 0.3) is 0 Å². The first kappa shape index (κ1) is 58.5. The first-order valence-corrected chi connectivity index (χ1v) is 22.3. The molecule has 0 bridgehead atoms. The van der Waals surface area contributed by atoms with Crippen molar-refractivity contribution >= 4 is 30.8 Å². The second-order valence-corrected chi connectivity index (χ2v) is 16.9. The molecular weight excluding hydrogens is 934 g/mol. The third-order valence-electron chi connectivity index (χ3n) is 12.4. The van der Waals surface area contributed by atoms with Crippen molar-refractivity contribution in [1.82, 2.24) is 15.7 Å². The van der Waals surface area contributed by atoms with E-state index in [9.17, 15) is 70.2 Å². The van der Waals surface area contributed by atoms with E-state index in [2.05, 4.69) is 22.3 Å². The van der Waals surface area contributed by atoms with Gasteiger partial charge in [0.25, 0.3) is 0 Å². The Morgan fingerprint density at radius 1 is 0.768 bits per heavy atom. The summed E-state index contributed by atoms with van der Waals surface area (Å²) in [7, 11) is 1.40. The van der Waals surface area contributed by atoms with E-state index >= 15 is 0 Å². The van der Waals surface area contributed by atoms with Crippen molar-refractivity contribution in [3.8, 4) is 0 Å². The molecule has 25 atom stereocenters. The van der Waals surface area contributed by atoms with E-state index in [1.165, 1.54) is 14.0 Å². The molecule has 0 radical (unpaired) electrons. The summed E-state index contributed by atoms with van der Waals surface area (Å²) in [5, 5.41) is 110. The highest BCUT2D eigenvalue weighted by Gasteiger charge is 2.57. The van der Waals surface area contributed by atoms with Gasteiger partial charge in [0.15, 0.2) is 37.6 Å². The molecule has 14 N–H and O–H groups in total. The number of carboxylic acid groups (broad SMARTS) is 1. The van der Waals surface area contributed by atoms with Crippen LogP contribution in [0.5, 0.6) is 0 Å². The molecule has 5 heterocycles. The van der Waals surface area contributed by atoms with Gasteiger partial charge >= 0.3 is 5.97 Å². The van der Waals surface area contributed by atoms with Crippen molar-refractivity contribution in [3.05, 3.63) is 0 Å². The molecule has 10 unspecified atom stereocenters. The summed E-state index contributed by atoms with van der Waals surface area (Å²) in [5.41, 5.74) is 0. The third kappa shape index (κ3) is 13.1. The molecule has 2 amide bonds. The molecule has 5 aliphatic heterocycles. The van der Waals surface area contributed by atoms with Crippen molar-refractivity contribution in [2.75, 3.05) is 26.9 Å². The lowest BCUT2D eigenvalue weighted by molar-refractivity contribution is -0.346. The van der Waals surface area contributed by atoms with E-state index in [0.717, 1.165) is 18.9 Å². The van der Waals surface area contributed by atoms with Crippen LogP contribution in [0, 0.1) is 5.92 Å². The predicted molar refractivity (Wildman–Crippen MR) is 225 cm³/mol. The normalized spacial score (nSPS) is 44.0. The summed E-state index contributed by atoms with van der Waals surface area (Å²) in [5.74, 6) is 1.59. The molecule has 5 aliphatic rings. The van der Waals surface area contributed by atoms with Crippen molar-refractivity contribution in [3.63, 3.8) is 0 Å². The van der Waals surface area contributed by atoms with Gasteiger partial charge in [-0.2, -0.15) is 11.0 Å². The molecule has 5 saturated heterocycles. The molecule has 5 rings (SSSR count). The summed E-state index contributed by atoms with van der Waals surface area (Å²) in [4.78, 5) is 59.0. The molecule has 0 aromatic rings. The van der Waals surface area contributed by atoms with Crippen LogP contribution >= 0.6 is 0 Å². The number of aliphatic imine (C=N–C) groups is 1. The van der Waals surface area contributed by atoms with E-state index in [1.54, 1.807) is 6.92 Å². The number of carboxylic acids is 1. The Morgan fingerprint density at radius 3 is 1.91 bits per heavy atom. The lowest BCUT2D eigenvalue weighted by Gasteiger charge is -2.51. The number of aldehydes is 1. The maximum absolute atomic E-state index is 13.0. The third-order valence-corrected chi connectivity index (χ3v) is 12.4. The molecule has 0 aromatic heterocycles. The standard InChI is InChI=1S/C38H63N5O24.C2H6/c1-11-19(41-13(3)47)36(66-33(34(56)57)29(11)62-37-20(42-14(4)48)25(52)23(50)16(8-45)61-37)65-32-21(40-5)35(59-12(2)22(32)43(6)67-39)58-10-18-31(24(51)17(9-46)60-18)64-38-28(55)26(53)27(54)30(63-38)15(49)7-44;1-2/h9,11-12,15-33,35-38,44-45,49-55H,5,7-8,10,39H2,1-4,6H3,(H,41,47)(H,42,48)(H,56,57);1-2H3/t11-,12?,15?,16?,17-,18-,19?,20?,21?,22-,23-,24?,25-,26+,27+,28?,29+,30?,31+,32-,33?,35+,36-,37+,38+;/m1./s1. The number of hydroxylamine groups is 2. The maximum atomic E-state index is 13.0. The molecule has 0 spiro atoms. The Balaban J connectivity index is 0.00000511. The van der Waals surface area contributed by atoms with Crippen LogP contribution in [0.2, 0.25) is 0 Å². The van der Waals surface area contributed by atoms with Crippen LogP contribution in [-0.4, -0.2) is 261 Å². The number of hydrogen-bond donors (Lipinski definition) is 13. The number of likely N-dealkylation sites (N-methyl/N-ethyl adjacent to an activating group) is 1. The zero-order chi connectivity index (χ0) is 51.8. The minimum atomic E-state index is -1.97. The van der Waals surface area contributed by atoms with E-state index in [4.69, 9.17) is 53.5 Å². The van der Waals surface area contributed by atoms with E-state index in [-0.39, 0.29) is 6.29 Å². The highest BCUT2D eigenvalue weighted by molar-refractivity contribution is 5.75. The molecular formula is C40H69N5O24. The highest BCUT2D eigenvalue weighted by atomic mass is 16.8. The molecule has 29 heteroatoms. The van der Waals surface area contributed by atoms with Gasteiger partial charge < -0.3 is 109 Å². The van der Waals surface area contributed by atoms with Crippen LogP contribution in [0.3, 0.4) is 0 Å². The summed E-state index contributed by atoms with van der Waals surface area (Å²) >= 11 is 0. The predicted octanol–water partition coefficient (Wildman–Crippen LogP) is -7.51. The van der Waals surface area contributed by atoms with Crippen LogP contribution in [-0.2, 0) is 66.7 Å². The van der Waals surface area contributed by atoms with E-state index in [1.807, 2.05) is 13.8 Å². The molecule has 5 fully saturated rings. The quantitative estimate of drug-likeness (QED) is 0.0325. The molecule has 0 saturated carbocycles. The average molecular weight is 1000 g/mol. The number of nitrogens with two attached hydrogens (primary N) is 1. The zero-order valence-electron chi connectivity index (χ0n) is 39.0. The number of rotatable bonds is 19. The number of amides is 2. The number of hydrogen-bond acceptors (Lipinski definition) is 26. The first-order valence-electron chi connectivity index (χ1n) is 22.3. The summed E-state index contributed by atoms with van der Waals surface area (Å²) in [6.07, 6.45) is -32.5. The average Bonchev–Trinajstić information content (AvgIpc) is 3.62. The second kappa shape index (κ2) is 26.0. The molecule has 0 aromatic carbocycles. The van der Waals surface area contributed by atoms with Crippen molar-refractivity contribution in [2.45, 2.75) is 189 Å². The number of ether oxygens (including phenoxy) is 9. The topological polar surface area (TPSA) is 429 Å². The van der Waals surface area contributed by atoms with Gasteiger partial charge in [-0.25, -0.2) is 9.73 Å². The number of carbonyl (C=O) groups is 4. The highest BCUT2D eigenvalue weighted by Crippen LogP contribution is 2.38. The second-order valence-electron chi connectivity index (χ2n) is 16.9. The number of aliphatic carboxylic acids is 1. The number of carbonyl (C=O) groups excluding carboxylic acids is 3. The molecule has 0 aliphatic carbocycles. The number of nitrogens with one attached hydrogen (secondary N) is 2. The van der Waals surface area contributed by atoms with Gasteiger partial charge in [-0.1, -0.05) is 20.8 Å². The molecule has 69 heavy (non-hydrogen) atoms. The van der Waals surface area contributed by atoms with Gasteiger partial charge in [-0.3, -0.25) is 14.6 Å². The maximum Gasteiger partial charge on any atom is 0.335 e. The van der Waals surface area contributed by atoms with Gasteiger partial charge in [0, 0.05) is 26.8 Å². The minimum absolute atomic E-state index is 0.264. The molecule has 398 valence electrons. The van der Waals surface area contributed by atoms with Gasteiger partial charge in [-0.15, -0.1) is 0 Å². The van der Waals surface area contributed by atoms with Gasteiger partial charge in [0.1, 0.15) is 97.5 Å². The lowest BCUT2D eigenvalue weighted by atomic mass is 9.87. The zero-order valence-corrected chi connectivity index (χ0v) is 39.0. The smallest absolute Gasteiger partial charge is 0.335 e. The van der Waals surface area contributed by atoms with Gasteiger partial charge in [0.05, 0.1) is 38.0 Å². The number of nitrogens with zero attached hydrogens (tertiary/aromatic N) is 2. The summed E-state index contributed by atoms with van der Waals surface area (Å²) in [6, 6.07) is -5.10. The van der Waals surface area contributed by atoms with Crippen molar-refractivity contribution < 1.29 is 118 Å². The fourth-order valence-corrected chi connectivity index (χ4v) is 8.87. The summed E-state index contributed by atoms with van der Waals surface area (Å²) in [6.45, 7) is 10.7. The lowest BCUT2D eigenvalue weighted by Crippen LogP contribution is -2.69. The summed E-state index contributed by atoms with van der Waals surface area (Å²) < 4.78 is 53.6. The van der Waals surface area contributed by atoms with Crippen LogP contribution < -0.4 is 16.5 Å². The van der Waals surface area contributed by atoms with Crippen molar-refractivity contribution in [1.29, 1.82) is 0 Å². The fourth-order valence-electron chi connectivity index (χ4n) is 8.87. The SMILES string of the molecule is C=NC1[C@@H](OC[C@H]2O[C@H](C=O)C(O)[C@H]2O[C@@H]2OC(C(O)CO)[C@@H](O)[C@H](O)C2O)OC(C)[C@@H](N(C)ON)[C@@H]1O[C@@H]1OC(C(=O)O)[C@@H](O[C@@H]2OC(CO)[C@@H](O)[C@H](O)C2NC(C)=O)[C@H](C)C1NC(C)=O.CC. The fraction of sp³-hybridized carbons (Fsp3) is 0.875. The number of aliphatic hydroxyl groups is 9. The van der Waals surface area contributed by atoms with Crippen LogP contribution in [0.1, 0.15) is 41.5 Å². The number of aliphatic hydroxyl groups excluding tert-OH is 9. The Morgan fingerprint density at radius 2 is 1.36 bits per heavy atom. The Bertz CT molecular complexity index is 1680. The Hall–Kier alpha value is -3.09. The van der Waals surface area contributed by atoms with Gasteiger partial charge in [0.2, 0.25) is 11.8 Å². The largest absolute Gasteiger partial charge is 0.479 e. The van der Waals surface area contributed by atoms with Crippen LogP contribution in [0.4, 0.5) is 0 Å². The monoisotopic (exact) mass is 1000 g/mol.